The van der Waals surface area contributed by atoms with E-state index in [9.17, 15) is 0 Å². The van der Waals surface area contributed by atoms with Gasteiger partial charge >= 0.3 is 0 Å². The largest absolute Gasteiger partial charge is 0.247 e. The molecule has 0 saturated heterocycles. The van der Waals surface area contributed by atoms with Crippen LogP contribution in [0.3, 0.4) is 0 Å². The molecule has 0 aromatic carbocycles. The summed E-state index contributed by atoms with van der Waals surface area (Å²) in [6, 6.07) is 4.20. The number of pyridine rings is 1. The Kier molecular flexibility index (Phi) is 2.65. The molecule has 0 radical (unpaired) electrons. The lowest BCUT2D eigenvalue weighted by atomic mass is 10.2. The topological polar surface area (TPSA) is 12.9 Å². The number of nitrogens with zero attached hydrogens (tertiary/aromatic N) is 1. The molecular weight excluding hydrogens is 237 g/mol. The highest BCUT2D eigenvalue weighted by Crippen LogP contribution is 2.10. The Morgan fingerprint density at radius 3 is 2.70 bits per heavy atom. The molecule has 1 aromatic heterocycles. The predicted octanol–water partition coefficient (Wildman–Crippen LogP) is 2.56. The fourth-order valence-corrected chi connectivity index (χ4v) is 1.76. The van der Waals surface area contributed by atoms with E-state index >= 15 is 0 Å². The van der Waals surface area contributed by atoms with Gasteiger partial charge in [0.2, 0.25) is 0 Å². The lowest BCUT2D eigenvalue weighted by Gasteiger charge is -1.99. The lowest BCUT2D eigenvalue weighted by Crippen LogP contribution is -1.91. The number of aromatic nitrogens is 1. The van der Waals surface area contributed by atoms with E-state index in [2.05, 4.69) is 46.6 Å². The maximum atomic E-state index is 4.33. The van der Waals surface area contributed by atoms with Gasteiger partial charge in [-0.1, -0.05) is 13.0 Å². The molecule has 54 valence electrons. The van der Waals surface area contributed by atoms with Crippen molar-refractivity contribution in [1.29, 1.82) is 0 Å². The van der Waals surface area contributed by atoms with Crippen molar-refractivity contribution in [3.63, 3.8) is 0 Å². The van der Waals surface area contributed by atoms with Crippen LogP contribution < -0.4 is 0 Å². The van der Waals surface area contributed by atoms with Crippen LogP contribution in [-0.4, -0.2) is 4.98 Å². The van der Waals surface area contributed by atoms with Crippen LogP contribution in [0.15, 0.2) is 12.1 Å². The van der Waals surface area contributed by atoms with Gasteiger partial charge in [0.15, 0.2) is 0 Å². The third-order valence-electron chi connectivity index (χ3n) is 1.45. The van der Waals surface area contributed by atoms with Crippen molar-refractivity contribution in [2.45, 2.75) is 20.3 Å². The van der Waals surface area contributed by atoms with E-state index in [1.807, 2.05) is 6.92 Å². The Morgan fingerprint density at radius 2 is 2.20 bits per heavy atom. The molecule has 1 aromatic rings. The van der Waals surface area contributed by atoms with Crippen LogP contribution in [0.1, 0.15) is 18.2 Å². The summed E-state index contributed by atoms with van der Waals surface area (Å²) < 4.78 is 1.14. The van der Waals surface area contributed by atoms with Crippen LogP contribution in [0, 0.1) is 10.6 Å². The minimum atomic E-state index is 1.07. The average Bonchev–Trinajstić information content (AvgIpc) is 1.88. The molecule has 0 fully saturated rings. The first-order chi connectivity index (χ1) is 4.74. The van der Waals surface area contributed by atoms with Gasteiger partial charge in [-0.2, -0.15) is 0 Å². The first-order valence-electron chi connectivity index (χ1n) is 3.36. The van der Waals surface area contributed by atoms with E-state index in [4.69, 9.17) is 0 Å². The molecule has 2 heteroatoms. The molecule has 0 saturated carbocycles. The molecule has 1 rings (SSSR count). The summed E-state index contributed by atoms with van der Waals surface area (Å²) in [5.74, 6) is 0. The van der Waals surface area contributed by atoms with Crippen molar-refractivity contribution in [3.05, 3.63) is 27.1 Å². The Balaban J connectivity index is 3.07. The van der Waals surface area contributed by atoms with Crippen molar-refractivity contribution in [2.24, 2.45) is 0 Å². The number of hydrogen-bond donors (Lipinski definition) is 0. The van der Waals surface area contributed by atoms with E-state index in [0.29, 0.717) is 0 Å². The first kappa shape index (κ1) is 7.98. The van der Waals surface area contributed by atoms with Crippen molar-refractivity contribution < 1.29 is 0 Å². The van der Waals surface area contributed by atoms with Gasteiger partial charge in [0.1, 0.15) is 3.70 Å². The highest BCUT2D eigenvalue weighted by molar-refractivity contribution is 14.1. The maximum Gasteiger partial charge on any atom is 0.104 e. The molecule has 1 nitrogen and oxygen atoms in total. The first-order valence-corrected chi connectivity index (χ1v) is 4.44. The summed E-state index contributed by atoms with van der Waals surface area (Å²) >= 11 is 2.27. The molecule has 0 aliphatic heterocycles. The van der Waals surface area contributed by atoms with Gasteiger partial charge in [0.25, 0.3) is 0 Å². The van der Waals surface area contributed by atoms with Gasteiger partial charge in [0.05, 0.1) is 0 Å². The van der Waals surface area contributed by atoms with Crippen molar-refractivity contribution >= 4 is 22.6 Å². The summed E-state index contributed by atoms with van der Waals surface area (Å²) in [6.45, 7) is 4.16. The number of halogens is 1. The van der Waals surface area contributed by atoms with Crippen molar-refractivity contribution in [1.82, 2.24) is 4.98 Å². The van der Waals surface area contributed by atoms with Gasteiger partial charge < -0.3 is 0 Å². The highest BCUT2D eigenvalue weighted by Gasteiger charge is 1.96. The molecule has 0 atom stereocenters. The second-order valence-electron chi connectivity index (χ2n) is 2.26. The summed E-state index contributed by atoms with van der Waals surface area (Å²) in [5, 5.41) is 0. The zero-order valence-electron chi connectivity index (χ0n) is 6.19. The third-order valence-corrected chi connectivity index (χ3v) is 2.38. The summed E-state index contributed by atoms with van der Waals surface area (Å²) in [7, 11) is 0. The summed E-state index contributed by atoms with van der Waals surface area (Å²) in [4.78, 5) is 4.33. The van der Waals surface area contributed by atoms with Crippen LogP contribution >= 0.6 is 22.6 Å². The monoisotopic (exact) mass is 247 g/mol. The summed E-state index contributed by atoms with van der Waals surface area (Å²) in [5.41, 5.74) is 2.44. The van der Waals surface area contributed by atoms with Gasteiger partial charge in [-0.15, -0.1) is 0 Å². The van der Waals surface area contributed by atoms with E-state index in [1.165, 1.54) is 5.56 Å². The standard InChI is InChI=1S/C8H10IN/c1-3-7-5-4-6(2)10-8(7)9/h4-5H,3H2,1-2H3. The quantitative estimate of drug-likeness (QED) is 0.549. The lowest BCUT2D eigenvalue weighted by molar-refractivity contribution is 1.05. The molecular formula is C8H10IN. The van der Waals surface area contributed by atoms with E-state index in [0.717, 1.165) is 15.8 Å². The van der Waals surface area contributed by atoms with E-state index < -0.39 is 0 Å². The Bertz CT molecular complexity index is 233. The molecule has 0 aliphatic carbocycles. The zero-order valence-corrected chi connectivity index (χ0v) is 8.34. The van der Waals surface area contributed by atoms with Crippen LogP contribution in [-0.2, 0) is 6.42 Å². The van der Waals surface area contributed by atoms with Gasteiger partial charge in [-0.05, 0) is 47.6 Å². The Morgan fingerprint density at radius 1 is 1.50 bits per heavy atom. The predicted molar refractivity (Wildman–Crippen MR) is 51.1 cm³/mol. The van der Waals surface area contributed by atoms with Gasteiger partial charge in [0, 0.05) is 5.69 Å². The number of hydrogen-bond acceptors (Lipinski definition) is 1. The minimum absolute atomic E-state index is 1.07. The normalized spacial score (nSPS) is 9.90. The van der Waals surface area contributed by atoms with Crippen molar-refractivity contribution in [2.75, 3.05) is 0 Å². The smallest absolute Gasteiger partial charge is 0.104 e. The third kappa shape index (κ3) is 1.68. The van der Waals surface area contributed by atoms with Crippen LogP contribution in [0.25, 0.3) is 0 Å². The maximum absolute atomic E-state index is 4.33. The van der Waals surface area contributed by atoms with Gasteiger partial charge in [-0.3, -0.25) is 0 Å². The zero-order chi connectivity index (χ0) is 7.56. The fourth-order valence-electron chi connectivity index (χ4n) is 0.818. The molecule has 10 heavy (non-hydrogen) atoms. The molecule has 0 bridgehead atoms. The summed E-state index contributed by atoms with van der Waals surface area (Å²) in [6.07, 6.45) is 1.07. The molecule has 1 heterocycles. The Labute approximate surface area is 75.0 Å². The second kappa shape index (κ2) is 3.32. The van der Waals surface area contributed by atoms with Gasteiger partial charge in [-0.25, -0.2) is 4.98 Å². The Hall–Kier alpha value is -0.120. The molecule has 0 aliphatic rings. The minimum Gasteiger partial charge on any atom is -0.247 e. The van der Waals surface area contributed by atoms with Crippen LogP contribution in [0.5, 0.6) is 0 Å². The molecule has 0 N–H and O–H groups in total. The van der Waals surface area contributed by atoms with E-state index in [-0.39, 0.29) is 0 Å². The number of aryl methyl sites for hydroxylation is 2. The number of rotatable bonds is 1. The second-order valence-corrected chi connectivity index (χ2v) is 3.28. The average molecular weight is 247 g/mol. The highest BCUT2D eigenvalue weighted by atomic mass is 127. The van der Waals surface area contributed by atoms with E-state index in [1.54, 1.807) is 0 Å². The SMILES string of the molecule is CCc1ccc(C)nc1I. The molecule has 0 spiro atoms. The molecule has 0 amide bonds. The van der Waals surface area contributed by atoms with Crippen LogP contribution in [0.2, 0.25) is 0 Å². The molecule has 0 unspecified atom stereocenters. The van der Waals surface area contributed by atoms with Crippen LogP contribution in [0.4, 0.5) is 0 Å². The fraction of sp³-hybridized carbons (Fsp3) is 0.375. The van der Waals surface area contributed by atoms with Crippen molar-refractivity contribution in [3.8, 4) is 0 Å².